The molecule has 0 heterocycles. The predicted octanol–water partition coefficient (Wildman–Crippen LogP) is 3.28. The van der Waals surface area contributed by atoms with E-state index in [1.165, 1.54) is 36.4 Å². The number of nitrogens with two attached hydrogens (primary N) is 1. The summed E-state index contributed by atoms with van der Waals surface area (Å²) in [4.78, 5) is -0.102. The Balaban J connectivity index is 2.57. The second-order valence-electron chi connectivity index (χ2n) is 4.34. The first-order valence-electron chi connectivity index (χ1n) is 6.19. The molecule has 0 aromatic heterocycles. The average molecular weight is 329 g/mol. The van der Waals surface area contributed by atoms with Gasteiger partial charge in [-0.05, 0) is 43.3 Å². The number of hydrogen-bond donors (Lipinski definition) is 1. The van der Waals surface area contributed by atoms with Crippen LogP contribution in [-0.2, 0) is 10.0 Å². The van der Waals surface area contributed by atoms with E-state index in [1.54, 1.807) is 6.92 Å². The lowest BCUT2D eigenvalue weighted by atomic mass is 10.3. The molecule has 0 atom stereocenters. The first-order valence-corrected chi connectivity index (χ1v) is 8.01. The van der Waals surface area contributed by atoms with Crippen molar-refractivity contribution in [3.63, 3.8) is 0 Å². The molecule has 112 valence electrons. The van der Waals surface area contributed by atoms with Gasteiger partial charge in [0.15, 0.2) is 0 Å². The molecule has 0 bridgehead atoms. The molecule has 0 saturated carbocycles. The summed E-state index contributed by atoms with van der Waals surface area (Å²) in [6.07, 6.45) is 0. The Morgan fingerprint density at radius 1 is 1.24 bits per heavy atom. The Morgan fingerprint density at radius 3 is 2.57 bits per heavy atom. The summed E-state index contributed by atoms with van der Waals surface area (Å²) in [5.74, 6) is -0.514. The molecule has 0 aliphatic heterocycles. The monoisotopic (exact) mass is 328 g/mol. The normalized spacial score (nSPS) is 11.4. The van der Waals surface area contributed by atoms with E-state index in [1.807, 2.05) is 0 Å². The topological polar surface area (TPSA) is 63.4 Å². The highest BCUT2D eigenvalue weighted by Crippen LogP contribution is 2.30. The fourth-order valence-electron chi connectivity index (χ4n) is 1.96. The van der Waals surface area contributed by atoms with Crippen molar-refractivity contribution in [2.75, 3.05) is 16.6 Å². The van der Waals surface area contributed by atoms with E-state index in [2.05, 4.69) is 0 Å². The molecule has 2 N–H and O–H groups in total. The van der Waals surface area contributed by atoms with Gasteiger partial charge in [-0.25, -0.2) is 12.8 Å². The first-order chi connectivity index (χ1) is 9.86. The highest BCUT2D eigenvalue weighted by atomic mass is 35.5. The first kappa shape index (κ1) is 15.6. The van der Waals surface area contributed by atoms with Crippen LogP contribution in [0.2, 0.25) is 5.02 Å². The third-order valence-corrected chi connectivity index (χ3v) is 5.29. The van der Waals surface area contributed by atoms with Gasteiger partial charge in [0.2, 0.25) is 0 Å². The summed E-state index contributed by atoms with van der Waals surface area (Å²) in [5, 5.41) is 0.0686. The minimum atomic E-state index is -3.92. The van der Waals surface area contributed by atoms with Crippen LogP contribution in [0.5, 0.6) is 0 Å². The van der Waals surface area contributed by atoms with Crippen LogP contribution in [0.4, 0.5) is 15.8 Å². The largest absolute Gasteiger partial charge is 0.399 e. The quantitative estimate of drug-likeness (QED) is 0.876. The number of nitrogen functional groups attached to an aromatic ring is 1. The zero-order chi connectivity index (χ0) is 15.6. The van der Waals surface area contributed by atoms with Crippen molar-refractivity contribution >= 4 is 33.0 Å². The molecule has 21 heavy (non-hydrogen) atoms. The van der Waals surface area contributed by atoms with Crippen LogP contribution in [0.15, 0.2) is 47.4 Å². The predicted molar refractivity (Wildman–Crippen MR) is 82.5 cm³/mol. The summed E-state index contributed by atoms with van der Waals surface area (Å²) >= 11 is 5.97. The van der Waals surface area contributed by atoms with Crippen molar-refractivity contribution in [1.29, 1.82) is 0 Å². The summed E-state index contributed by atoms with van der Waals surface area (Å²) in [6, 6.07) is 9.59. The highest BCUT2D eigenvalue weighted by molar-refractivity contribution is 7.93. The molecular formula is C14H14ClFN2O2S. The lowest BCUT2D eigenvalue weighted by Gasteiger charge is -2.23. The van der Waals surface area contributed by atoms with Crippen molar-refractivity contribution < 1.29 is 12.8 Å². The van der Waals surface area contributed by atoms with E-state index in [0.29, 0.717) is 0 Å². The lowest BCUT2D eigenvalue weighted by Crippen LogP contribution is -2.31. The number of hydrogen-bond acceptors (Lipinski definition) is 3. The van der Waals surface area contributed by atoms with Crippen molar-refractivity contribution in [1.82, 2.24) is 0 Å². The average Bonchev–Trinajstić information content (AvgIpc) is 2.42. The van der Waals surface area contributed by atoms with E-state index in [9.17, 15) is 12.8 Å². The Labute approximate surface area is 128 Å². The zero-order valence-corrected chi connectivity index (χ0v) is 12.8. The molecule has 0 aliphatic carbocycles. The Morgan fingerprint density at radius 2 is 1.95 bits per heavy atom. The smallest absolute Gasteiger partial charge is 0.265 e. The molecule has 0 amide bonds. The van der Waals surface area contributed by atoms with Gasteiger partial charge >= 0.3 is 0 Å². The van der Waals surface area contributed by atoms with Gasteiger partial charge in [-0.3, -0.25) is 4.31 Å². The molecule has 7 heteroatoms. The third-order valence-electron chi connectivity index (χ3n) is 2.91. The van der Waals surface area contributed by atoms with Crippen LogP contribution in [0.25, 0.3) is 0 Å². The number of halogens is 2. The van der Waals surface area contributed by atoms with Gasteiger partial charge in [0.25, 0.3) is 10.0 Å². The van der Waals surface area contributed by atoms with Gasteiger partial charge in [-0.1, -0.05) is 17.7 Å². The minimum Gasteiger partial charge on any atom is -0.399 e. The van der Waals surface area contributed by atoms with Gasteiger partial charge in [0.05, 0.1) is 10.7 Å². The second kappa shape index (κ2) is 5.91. The standard InChI is InChI=1S/C14H14ClFN2O2S/c1-2-18(12-5-3-4-10(16)8-12)21(19,20)14-9-11(17)6-7-13(14)15/h3-9H,2,17H2,1H3. The molecule has 2 rings (SSSR count). The molecule has 0 fully saturated rings. The molecule has 2 aromatic rings. The number of benzene rings is 2. The number of sulfonamides is 1. The van der Waals surface area contributed by atoms with Gasteiger partial charge < -0.3 is 5.73 Å². The van der Waals surface area contributed by atoms with Crippen molar-refractivity contribution in [2.24, 2.45) is 0 Å². The highest BCUT2D eigenvalue weighted by Gasteiger charge is 2.26. The Hall–Kier alpha value is -1.79. The SMILES string of the molecule is CCN(c1cccc(F)c1)S(=O)(=O)c1cc(N)ccc1Cl. The van der Waals surface area contributed by atoms with Crippen molar-refractivity contribution in [3.8, 4) is 0 Å². The number of anilines is 2. The van der Waals surface area contributed by atoms with E-state index in [-0.39, 0.29) is 27.8 Å². The summed E-state index contributed by atoms with van der Waals surface area (Å²) in [5.41, 5.74) is 6.14. The maximum absolute atomic E-state index is 13.3. The zero-order valence-electron chi connectivity index (χ0n) is 11.3. The Kier molecular flexibility index (Phi) is 4.39. The maximum Gasteiger partial charge on any atom is 0.265 e. The molecule has 0 unspecified atom stereocenters. The van der Waals surface area contributed by atoms with Crippen molar-refractivity contribution in [3.05, 3.63) is 53.3 Å². The molecule has 0 spiro atoms. The van der Waals surface area contributed by atoms with Gasteiger partial charge in [0.1, 0.15) is 10.7 Å². The molecule has 0 aliphatic rings. The molecular weight excluding hydrogens is 315 g/mol. The van der Waals surface area contributed by atoms with Crippen LogP contribution < -0.4 is 10.0 Å². The summed E-state index contributed by atoms with van der Waals surface area (Å²) in [7, 11) is -3.92. The van der Waals surface area contributed by atoms with Crippen LogP contribution in [-0.4, -0.2) is 15.0 Å². The van der Waals surface area contributed by atoms with Crippen LogP contribution >= 0.6 is 11.6 Å². The Bertz CT molecular complexity index is 765. The molecule has 2 aromatic carbocycles. The number of nitrogens with zero attached hydrogens (tertiary/aromatic N) is 1. The fourth-order valence-corrected chi connectivity index (χ4v) is 3.94. The van der Waals surface area contributed by atoms with E-state index >= 15 is 0 Å². The third kappa shape index (κ3) is 3.11. The van der Waals surface area contributed by atoms with Gasteiger partial charge in [-0.15, -0.1) is 0 Å². The van der Waals surface area contributed by atoms with Gasteiger partial charge in [-0.2, -0.15) is 0 Å². The van der Waals surface area contributed by atoms with E-state index in [4.69, 9.17) is 17.3 Å². The minimum absolute atomic E-state index is 0.0686. The van der Waals surface area contributed by atoms with Crippen LogP contribution in [0.1, 0.15) is 6.92 Å². The lowest BCUT2D eigenvalue weighted by molar-refractivity contribution is 0.591. The van der Waals surface area contributed by atoms with Gasteiger partial charge in [0, 0.05) is 12.2 Å². The van der Waals surface area contributed by atoms with Crippen LogP contribution in [0, 0.1) is 5.82 Å². The van der Waals surface area contributed by atoms with Crippen LogP contribution in [0.3, 0.4) is 0 Å². The second-order valence-corrected chi connectivity index (χ2v) is 6.58. The van der Waals surface area contributed by atoms with E-state index < -0.39 is 15.8 Å². The molecule has 0 radical (unpaired) electrons. The summed E-state index contributed by atoms with van der Waals surface area (Å²) < 4.78 is 39.8. The van der Waals surface area contributed by atoms with Crippen molar-refractivity contribution in [2.45, 2.75) is 11.8 Å². The molecule has 0 saturated heterocycles. The maximum atomic E-state index is 13.3. The van der Waals surface area contributed by atoms with E-state index in [0.717, 1.165) is 10.4 Å². The fraction of sp³-hybridized carbons (Fsp3) is 0.143. The molecule has 4 nitrogen and oxygen atoms in total. The summed E-state index contributed by atoms with van der Waals surface area (Å²) in [6.45, 7) is 1.79. The number of rotatable bonds is 4.